The van der Waals surface area contributed by atoms with Gasteiger partial charge in [0, 0.05) is 13.6 Å². The van der Waals surface area contributed by atoms with Gasteiger partial charge in [-0.15, -0.1) is 6.58 Å². The lowest BCUT2D eigenvalue weighted by Crippen LogP contribution is -2.34. The van der Waals surface area contributed by atoms with Gasteiger partial charge in [0.25, 0.3) is 0 Å². The van der Waals surface area contributed by atoms with Crippen LogP contribution in [0.25, 0.3) is 0 Å². The molecule has 0 aliphatic rings. The van der Waals surface area contributed by atoms with Crippen molar-refractivity contribution < 1.29 is 9.53 Å². The first-order chi connectivity index (χ1) is 6.37. The monoisotopic (exact) mass is 199 g/mol. The molecule has 0 rings (SSSR count). The van der Waals surface area contributed by atoms with E-state index in [2.05, 4.69) is 6.58 Å². The average Bonchev–Trinajstić information content (AvgIpc) is 2.01. The van der Waals surface area contributed by atoms with Gasteiger partial charge in [-0.1, -0.05) is 6.08 Å². The van der Waals surface area contributed by atoms with Gasteiger partial charge in [0.1, 0.15) is 5.60 Å². The smallest absolute Gasteiger partial charge is 0.410 e. The van der Waals surface area contributed by atoms with Crippen molar-refractivity contribution in [2.75, 3.05) is 13.6 Å². The quantitative estimate of drug-likeness (QED) is 0.514. The number of unbranched alkanes of at least 4 members (excludes halogenated alkanes) is 1. The van der Waals surface area contributed by atoms with Crippen LogP contribution in [0.2, 0.25) is 0 Å². The van der Waals surface area contributed by atoms with E-state index < -0.39 is 5.60 Å². The van der Waals surface area contributed by atoms with Crippen molar-refractivity contribution in [1.82, 2.24) is 4.90 Å². The van der Waals surface area contributed by atoms with Crippen LogP contribution >= 0.6 is 0 Å². The summed E-state index contributed by atoms with van der Waals surface area (Å²) in [5, 5.41) is 0. The molecule has 0 aliphatic carbocycles. The summed E-state index contributed by atoms with van der Waals surface area (Å²) in [6, 6.07) is 0. The molecule has 1 amide bonds. The maximum atomic E-state index is 11.4. The number of allylic oxidation sites excluding steroid dienone is 1. The molecule has 3 heteroatoms. The molecule has 0 N–H and O–H groups in total. The van der Waals surface area contributed by atoms with Gasteiger partial charge >= 0.3 is 6.09 Å². The van der Waals surface area contributed by atoms with Crippen LogP contribution in [0.4, 0.5) is 4.79 Å². The zero-order valence-corrected chi connectivity index (χ0v) is 9.67. The summed E-state index contributed by atoms with van der Waals surface area (Å²) in [6.07, 6.45) is 3.44. The van der Waals surface area contributed by atoms with Crippen LogP contribution in [0.1, 0.15) is 33.6 Å². The van der Waals surface area contributed by atoms with Crippen molar-refractivity contribution in [3.63, 3.8) is 0 Å². The molecule has 0 aromatic rings. The molecule has 0 saturated carbocycles. The molecular weight excluding hydrogens is 178 g/mol. The van der Waals surface area contributed by atoms with Crippen LogP contribution in [-0.4, -0.2) is 30.2 Å². The van der Waals surface area contributed by atoms with E-state index in [1.54, 1.807) is 11.9 Å². The van der Waals surface area contributed by atoms with E-state index in [4.69, 9.17) is 4.74 Å². The van der Waals surface area contributed by atoms with Crippen molar-refractivity contribution in [2.24, 2.45) is 0 Å². The molecule has 0 radical (unpaired) electrons. The molecule has 0 saturated heterocycles. The van der Waals surface area contributed by atoms with Crippen molar-refractivity contribution in [3.05, 3.63) is 12.7 Å². The molecule has 0 fully saturated rings. The Morgan fingerprint density at radius 1 is 1.50 bits per heavy atom. The fourth-order valence-corrected chi connectivity index (χ4v) is 0.904. The number of carbonyl (C=O) groups is 1. The van der Waals surface area contributed by atoms with Gasteiger partial charge in [-0.2, -0.15) is 0 Å². The summed E-state index contributed by atoms with van der Waals surface area (Å²) in [5.74, 6) is 0. The molecule has 0 heterocycles. The summed E-state index contributed by atoms with van der Waals surface area (Å²) >= 11 is 0. The molecule has 0 bridgehead atoms. The second-order valence-electron chi connectivity index (χ2n) is 4.33. The van der Waals surface area contributed by atoms with E-state index in [1.165, 1.54) is 0 Å². The maximum Gasteiger partial charge on any atom is 0.410 e. The van der Waals surface area contributed by atoms with Crippen LogP contribution in [0.3, 0.4) is 0 Å². The van der Waals surface area contributed by atoms with E-state index >= 15 is 0 Å². The van der Waals surface area contributed by atoms with Crippen LogP contribution in [0.15, 0.2) is 12.7 Å². The van der Waals surface area contributed by atoms with Gasteiger partial charge < -0.3 is 9.64 Å². The van der Waals surface area contributed by atoms with Gasteiger partial charge in [0.15, 0.2) is 0 Å². The number of amides is 1. The Kier molecular flexibility index (Phi) is 5.28. The number of hydrogen-bond donors (Lipinski definition) is 0. The van der Waals surface area contributed by atoms with Gasteiger partial charge in [0.2, 0.25) is 0 Å². The van der Waals surface area contributed by atoms with E-state index in [9.17, 15) is 4.79 Å². The Bertz CT molecular complexity index is 194. The van der Waals surface area contributed by atoms with E-state index in [-0.39, 0.29) is 6.09 Å². The first-order valence-corrected chi connectivity index (χ1v) is 4.92. The number of carbonyl (C=O) groups excluding carboxylic acids is 1. The second kappa shape index (κ2) is 5.68. The van der Waals surface area contributed by atoms with E-state index in [0.717, 1.165) is 12.8 Å². The van der Waals surface area contributed by atoms with Crippen LogP contribution in [0.5, 0.6) is 0 Å². The molecule has 0 aromatic heterocycles. The first kappa shape index (κ1) is 13.0. The molecular formula is C11H21NO2. The lowest BCUT2D eigenvalue weighted by atomic mass is 10.2. The highest BCUT2D eigenvalue weighted by Gasteiger charge is 2.18. The van der Waals surface area contributed by atoms with Crippen molar-refractivity contribution >= 4 is 6.09 Å². The summed E-state index contributed by atoms with van der Waals surface area (Å²) in [4.78, 5) is 13.0. The Morgan fingerprint density at radius 2 is 2.07 bits per heavy atom. The van der Waals surface area contributed by atoms with Gasteiger partial charge in [-0.05, 0) is 33.6 Å². The lowest BCUT2D eigenvalue weighted by molar-refractivity contribution is 0.0297. The zero-order valence-electron chi connectivity index (χ0n) is 9.67. The number of nitrogens with zero attached hydrogens (tertiary/aromatic N) is 1. The summed E-state index contributed by atoms with van der Waals surface area (Å²) < 4.78 is 5.19. The minimum absolute atomic E-state index is 0.262. The van der Waals surface area contributed by atoms with Crippen molar-refractivity contribution in [1.29, 1.82) is 0 Å². The topological polar surface area (TPSA) is 29.5 Å². The predicted octanol–water partition coefficient (Wildman–Crippen LogP) is 2.82. The van der Waals surface area contributed by atoms with E-state index in [0.29, 0.717) is 6.54 Å². The summed E-state index contributed by atoms with van der Waals surface area (Å²) in [7, 11) is 1.75. The molecule has 0 spiro atoms. The molecule has 3 nitrogen and oxygen atoms in total. The van der Waals surface area contributed by atoms with Gasteiger partial charge in [0.05, 0.1) is 0 Å². The minimum Gasteiger partial charge on any atom is -0.444 e. The largest absolute Gasteiger partial charge is 0.444 e. The number of hydrogen-bond acceptors (Lipinski definition) is 2. The van der Waals surface area contributed by atoms with Crippen LogP contribution in [-0.2, 0) is 4.74 Å². The highest BCUT2D eigenvalue weighted by atomic mass is 16.6. The van der Waals surface area contributed by atoms with Gasteiger partial charge in [-0.3, -0.25) is 0 Å². The number of rotatable bonds is 4. The van der Waals surface area contributed by atoms with Crippen molar-refractivity contribution in [2.45, 2.75) is 39.2 Å². The minimum atomic E-state index is -0.413. The normalized spacial score (nSPS) is 10.9. The lowest BCUT2D eigenvalue weighted by Gasteiger charge is -2.24. The summed E-state index contributed by atoms with van der Waals surface area (Å²) in [5.41, 5.74) is -0.413. The second-order valence-corrected chi connectivity index (χ2v) is 4.33. The van der Waals surface area contributed by atoms with E-state index in [1.807, 2.05) is 26.8 Å². The highest BCUT2D eigenvalue weighted by molar-refractivity contribution is 5.67. The number of ether oxygens (including phenoxy) is 1. The fraction of sp³-hybridized carbons (Fsp3) is 0.727. The molecule has 82 valence electrons. The first-order valence-electron chi connectivity index (χ1n) is 4.92. The standard InChI is InChI=1S/C11H21NO2/c1-6-7-8-9-12(5)10(13)14-11(2,3)4/h6H,1,7-9H2,2-5H3. The maximum absolute atomic E-state index is 11.4. The van der Waals surface area contributed by atoms with Crippen LogP contribution in [0, 0.1) is 0 Å². The molecule has 0 atom stereocenters. The summed E-state index contributed by atoms with van der Waals surface area (Å²) in [6.45, 7) is 9.93. The fourth-order valence-electron chi connectivity index (χ4n) is 0.904. The molecule has 14 heavy (non-hydrogen) atoms. The van der Waals surface area contributed by atoms with Gasteiger partial charge in [-0.25, -0.2) is 4.79 Å². The Labute approximate surface area is 86.7 Å². The van der Waals surface area contributed by atoms with Crippen LogP contribution < -0.4 is 0 Å². The molecule has 0 aliphatic heterocycles. The Balaban J connectivity index is 3.82. The SMILES string of the molecule is C=CCCCN(C)C(=O)OC(C)(C)C. The Hall–Kier alpha value is -0.990. The third kappa shape index (κ3) is 6.52. The predicted molar refractivity (Wildman–Crippen MR) is 58.3 cm³/mol. The Morgan fingerprint density at radius 3 is 2.50 bits per heavy atom. The highest BCUT2D eigenvalue weighted by Crippen LogP contribution is 2.09. The average molecular weight is 199 g/mol. The van der Waals surface area contributed by atoms with Crippen molar-refractivity contribution in [3.8, 4) is 0 Å². The third-order valence-corrected chi connectivity index (χ3v) is 1.61. The molecule has 0 aromatic carbocycles. The zero-order chi connectivity index (χ0) is 11.2. The third-order valence-electron chi connectivity index (χ3n) is 1.61. The molecule has 0 unspecified atom stereocenters.